The smallest absolute Gasteiger partial charge is 0.227 e. The Bertz CT molecular complexity index is 1200. The second-order valence-corrected chi connectivity index (χ2v) is 8.21. The molecule has 0 spiro atoms. The lowest BCUT2D eigenvalue weighted by Gasteiger charge is -2.15. The van der Waals surface area contributed by atoms with Crippen LogP contribution in [0.4, 0.5) is 11.6 Å². The highest BCUT2D eigenvalue weighted by Crippen LogP contribution is 2.29. The highest BCUT2D eigenvalue weighted by Gasteiger charge is 2.11. The molecule has 33 heavy (non-hydrogen) atoms. The molecule has 6 heteroatoms. The van der Waals surface area contributed by atoms with E-state index in [9.17, 15) is 0 Å². The molecule has 1 fully saturated rings. The minimum atomic E-state index is 0.561. The number of nitrogens with zero attached hydrogens (tertiary/aromatic N) is 3. The standard InChI is InChI=1S/C27H28N4O2/c1-32-23-11-7-20(8-12-23)25-6-4-5-21-19-28-27(30-26(21)25)29-22-9-13-24(14-10-22)33-18-17-31-15-2-3-16-31/h4-14,19H,2-3,15-18H2,1H3,(H,28,29,30). The fourth-order valence-corrected chi connectivity index (χ4v) is 4.18. The molecule has 0 bridgehead atoms. The maximum absolute atomic E-state index is 5.90. The fourth-order valence-electron chi connectivity index (χ4n) is 4.18. The number of benzene rings is 3. The third-order valence-corrected chi connectivity index (χ3v) is 6.00. The van der Waals surface area contributed by atoms with Gasteiger partial charge in [-0.15, -0.1) is 0 Å². The summed E-state index contributed by atoms with van der Waals surface area (Å²) in [5.41, 5.74) is 3.97. The van der Waals surface area contributed by atoms with Crippen LogP contribution >= 0.6 is 0 Å². The molecule has 0 aliphatic carbocycles. The number of methoxy groups -OCH3 is 1. The largest absolute Gasteiger partial charge is 0.497 e. The zero-order chi connectivity index (χ0) is 22.5. The van der Waals surface area contributed by atoms with Crippen molar-refractivity contribution in [3.8, 4) is 22.6 Å². The lowest BCUT2D eigenvalue weighted by Crippen LogP contribution is -2.25. The van der Waals surface area contributed by atoms with Crippen LogP contribution in [0.25, 0.3) is 22.0 Å². The molecule has 168 valence electrons. The predicted molar refractivity (Wildman–Crippen MR) is 132 cm³/mol. The Morgan fingerprint density at radius 1 is 0.909 bits per heavy atom. The van der Waals surface area contributed by atoms with Gasteiger partial charge >= 0.3 is 0 Å². The van der Waals surface area contributed by atoms with Crippen LogP contribution in [-0.2, 0) is 0 Å². The summed E-state index contributed by atoms with van der Waals surface area (Å²) < 4.78 is 11.2. The van der Waals surface area contributed by atoms with Gasteiger partial charge in [0, 0.05) is 29.4 Å². The van der Waals surface area contributed by atoms with Gasteiger partial charge in [0.1, 0.15) is 18.1 Å². The highest BCUT2D eigenvalue weighted by atomic mass is 16.5. The summed E-state index contributed by atoms with van der Waals surface area (Å²) in [6, 6.07) is 22.1. The van der Waals surface area contributed by atoms with E-state index in [1.54, 1.807) is 7.11 Å². The van der Waals surface area contributed by atoms with E-state index < -0.39 is 0 Å². The van der Waals surface area contributed by atoms with Crippen molar-refractivity contribution in [3.05, 3.63) is 72.9 Å². The predicted octanol–water partition coefficient (Wildman–Crippen LogP) is 5.52. The molecular weight excluding hydrogens is 412 g/mol. The SMILES string of the molecule is COc1ccc(-c2cccc3cnc(Nc4ccc(OCCN5CCCC5)cc4)nc23)cc1. The third-order valence-electron chi connectivity index (χ3n) is 6.00. The number of para-hydroxylation sites is 1. The molecule has 0 amide bonds. The van der Waals surface area contributed by atoms with Gasteiger partial charge < -0.3 is 14.8 Å². The summed E-state index contributed by atoms with van der Waals surface area (Å²) in [6.07, 6.45) is 4.46. The molecule has 0 unspecified atom stereocenters. The number of aromatic nitrogens is 2. The maximum atomic E-state index is 5.90. The zero-order valence-corrected chi connectivity index (χ0v) is 18.8. The Kier molecular flexibility index (Phi) is 6.35. The molecule has 1 N–H and O–H groups in total. The minimum Gasteiger partial charge on any atom is -0.497 e. The Labute approximate surface area is 194 Å². The van der Waals surface area contributed by atoms with Crippen LogP contribution in [0, 0.1) is 0 Å². The molecule has 1 aromatic heterocycles. The van der Waals surface area contributed by atoms with Gasteiger partial charge in [-0.1, -0.05) is 30.3 Å². The minimum absolute atomic E-state index is 0.561. The first-order chi connectivity index (χ1) is 16.3. The quantitative estimate of drug-likeness (QED) is 0.389. The number of rotatable bonds is 8. The van der Waals surface area contributed by atoms with Crippen LogP contribution in [0.1, 0.15) is 12.8 Å². The molecule has 1 saturated heterocycles. The highest BCUT2D eigenvalue weighted by molar-refractivity contribution is 5.93. The van der Waals surface area contributed by atoms with Crippen LogP contribution in [0.15, 0.2) is 72.9 Å². The van der Waals surface area contributed by atoms with Gasteiger partial charge in [-0.3, -0.25) is 4.90 Å². The van der Waals surface area contributed by atoms with Gasteiger partial charge in [-0.05, 0) is 67.9 Å². The second kappa shape index (κ2) is 9.88. The molecule has 6 nitrogen and oxygen atoms in total. The van der Waals surface area contributed by atoms with Crippen LogP contribution in [-0.4, -0.2) is 48.2 Å². The number of fused-ring (bicyclic) bond motifs is 1. The average molecular weight is 441 g/mol. The van der Waals surface area contributed by atoms with Gasteiger partial charge in [-0.2, -0.15) is 0 Å². The first kappa shape index (κ1) is 21.2. The average Bonchev–Trinajstić information content (AvgIpc) is 3.38. The normalized spacial score (nSPS) is 13.8. The van der Waals surface area contributed by atoms with Crippen molar-refractivity contribution in [2.24, 2.45) is 0 Å². The van der Waals surface area contributed by atoms with Crippen molar-refractivity contribution in [1.82, 2.24) is 14.9 Å². The van der Waals surface area contributed by atoms with Gasteiger partial charge in [-0.25, -0.2) is 9.97 Å². The van der Waals surface area contributed by atoms with Crippen molar-refractivity contribution in [2.75, 3.05) is 38.7 Å². The summed E-state index contributed by atoms with van der Waals surface area (Å²) in [4.78, 5) is 11.8. The number of likely N-dealkylation sites (tertiary alicyclic amines) is 1. The molecule has 3 aromatic carbocycles. The number of nitrogens with one attached hydrogen (secondary N) is 1. The molecule has 2 heterocycles. The summed E-state index contributed by atoms with van der Waals surface area (Å²) in [6.45, 7) is 4.09. The van der Waals surface area contributed by atoms with Gasteiger partial charge in [0.05, 0.1) is 12.6 Å². The Balaban J connectivity index is 1.29. The van der Waals surface area contributed by atoms with E-state index in [1.165, 1.54) is 25.9 Å². The Morgan fingerprint density at radius 2 is 1.67 bits per heavy atom. The molecule has 4 aromatic rings. The van der Waals surface area contributed by atoms with E-state index >= 15 is 0 Å². The van der Waals surface area contributed by atoms with E-state index in [2.05, 4.69) is 21.3 Å². The molecule has 0 radical (unpaired) electrons. The van der Waals surface area contributed by atoms with Crippen LogP contribution in [0.5, 0.6) is 11.5 Å². The molecular formula is C27H28N4O2. The maximum Gasteiger partial charge on any atom is 0.227 e. The summed E-state index contributed by atoms with van der Waals surface area (Å²) in [7, 11) is 1.67. The van der Waals surface area contributed by atoms with E-state index in [1.807, 2.05) is 66.9 Å². The zero-order valence-electron chi connectivity index (χ0n) is 18.8. The lowest BCUT2D eigenvalue weighted by molar-refractivity contribution is 0.238. The molecule has 0 saturated carbocycles. The van der Waals surface area contributed by atoms with E-state index in [-0.39, 0.29) is 0 Å². The van der Waals surface area contributed by atoms with Crippen molar-refractivity contribution in [3.63, 3.8) is 0 Å². The summed E-state index contributed by atoms with van der Waals surface area (Å²) >= 11 is 0. The van der Waals surface area contributed by atoms with Gasteiger partial charge in [0.25, 0.3) is 0 Å². The molecule has 5 rings (SSSR count). The molecule has 0 atom stereocenters. The van der Waals surface area contributed by atoms with Gasteiger partial charge in [0.15, 0.2) is 0 Å². The lowest BCUT2D eigenvalue weighted by atomic mass is 10.0. The van der Waals surface area contributed by atoms with Crippen molar-refractivity contribution >= 4 is 22.5 Å². The molecule has 1 aliphatic heterocycles. The monoisotopic (exact) mass is 440 g/mol. The first-order valence-corrected chi connectivity index (χ1v) is 11.4. The van der Waals surface area contributed by atoms with E-state index in [0.29, 0.717) is 12.6 Å². The fraction of sp³-hybridized carbons (Fsp3) is 0.259. The topological polar surface area (TPSA) is 59.5 Å². The van der Waals surface area contributed by atoms with E-state index in [0.717, 1.165) is 45.8 Å². The number of hydrogen-bond acceptors (Lipinski definition) is 6. The van der Waals surface area contributed by atoms with Crippen LogP contribution in [0.3, 0.4) is 0 Å². The number of anilines is 2. The van der Waals surface area contributed by atoms with Crippen molar-refractivity contribution < 1.29 is 9.47 Å². The van der Waals surface area contributed by atoms with E-state index in [4.69, 9.17) is 14.5 Å². The first-order valence-electron chi connectivity index (χ1n) is 11.4. The second-order valence-electron chi connectivity index (χ2n) is 8.21. The van der Waals surface area contributed by atoms with Gasteiger partial charge in [0.2, 0.25) is 5.95 Å². The third kappa shape index (κ3) is 5.07. The van der Waals surface area contributed by atoms with Crippen molar-refractivity contribution in [1.29, 1.82) is 0 Å². The Morgan fingerprint density at radius 3 is 2.42 bits per heavy atom. The number of hydrogen-bond donors (Lipinski definition) is 1. The number of ether oxygens (including phenoxy) is 2. The van der Waals surface area contributed by atoms with Crippen LogP contribution < -0.4 is 14.8 Å². The van der Waals surface area contributed by atoms with Crippen molar-refractivity contribution in [2.45, 2.75) is 12.8 Å². The summed E-state index contributed by atoms with van der Waals surface area (Å²) in [5.74, 6) is 2.27. The van der Waals surface area contributed by atoms with Crippen LogP contribution in [0.2, 0.25) is 0 Å². The summed E-state index contributed by atoms with van der Waals surface area (Å²) in [5, 5.41) is 4.31. The molecule has 1 aliphatic rings. The Hall–Kier alpha value is -3.64.